The number of para-hydroxylation sites is 1. The second kappa shape index (κ2) is 7.97. The maximum atomic E-state index is 5.68. The molecule has 5 heterocycles. The summed E-state index contributed by atoms with van der Waals surface area (Å²) in [4.78, 5) is 20.2. The lowest BCUT2D eigenvalue weighted by Gasteiger charge is -2.21. The Balaban J connectivity index is 1.21. The van der Waals surface area contributed by atoms with E-state index >= 15 is 0 Å². The van der Waals surface area contributed by atoms with E-state index < -0.39 is 0 Å². The lowest BCUT2D eigenvalue weighted by molar-refractivity contribution is 0.201. The van der Waals surface area contributed by atoms with Crippen LogP contribution in [0, 0.1) is 0 Å². The van der Waals surface area contributed by atoms with E-state index in [-0.39, 0.29) is 6.04 Å². The zero-order valence-electron chi connectivity index (χ0n) is 17.4. The first-order valence-corrected chi connectivity index (χ1v) is 10.7. The van der Waals surface area contributed by atoms with E-state index in [0.29, 0.717) is 11.7 Å². The molecule has 1 fully saturated rings. The Hall–Kier alpha value is -3.91. The van der Waals surface area contributed by atoms with Crippen molar-refractivity contribution in [1.82, 2.24) is 34.6 Å². The highest BCUT2D eigenvalue weighted by Gasteiger charge is 2.31. The smallest absolute Gasteiger partial charge is 0.244 e. The number of rotatable bonds is 5. The molecule has 1 aliphatic rings. The minimum Gasteiger partial charge on any atom is -0.337 e. The Kier molecular flexibility index (Phi) is 4.69. The highest BCUT2D eigenvalue weighted by molar-refractivity contribution is 5.78. The van der Waals surface area contributed by atoms with Gasteiger partial charge in [0.2, 0.25) is 11.7 Å². The third-order valence-electron chi connectivity index (χ3n) is 5.90. The summed E-state index contributed by atoms with van der Waals surface area (Å²) in [6, 6.07) is 14.4. The van der Waals surface area contributed by atoms with Crippen LogP contribution in [0.3, 0.4) is 0 Å². The highest BCUT2D eigenvalue weighted by atomic mass is 16.5. The van der Waals surface area contributed by atoms with Gasteiger partial charge in [-0.1, -0.05) is 23.4 Å². The van der Waals surface area contributed by atoms with Crippen molar-refractivity contribution in [2.45, 2.75) is 25.4 Å². The van der Waals surface area contributed by atoms with Crippen LogP contribution in [0.5, 0.6) is 0 Å². The fraction of sp³-hybridized carbons (Fsp3) is 0.208. The van der Waals surface area contributed by atoms with Crippen LogP contribution in [-0.4, -0.2) is 41.1 Å². The van der Waals surface area contributed by atoms with Crippen molar-refractivity contribution >= 4 is 10.9 Å². The Morgan fingerprint density at radius 3 is 2.91 bits per heavy atom. The largest absolute Gasteiger partial charge is 0.337 e. The quantitative estimate of drug-likeness (QED) is 0.419. The Morgan fingerprint density at radius 1 is 1.06 bits per heavy atom. The molecule has 0 amide bonds. The van der Waals surface area contributed by atoms with E-state index in [0.717, 1.165) is 48.2 Å². The topological polar surface area (TPSA) is 85.8 Å². The average Bonchev–Trinajstić information content (AvgIpc) is 3.61. The molecular formula is C24H21N7O. The van der Waals surface area contributed by atoms with E-state index in [9.17, 15) is 0 Å². The second-order valence-electron chi connectivity index (χ2n) is 8.00. The molecule has 4 aromatic heterocycles. The summed E-state index contributed by atoms with van der Waals surface area (Å²) >= 11 is 0. The summed E-state index contributed by atoms with van der Waals surface area (Å²) in [6.07, 6.45) is 11.1. The molecule has 1 aliphatic heterocycles. The van der Waals surface area contributed by atoms with Gasteiger partial charge in [-0.05, 0) is 49.2 Å². The van der Waals surface area contributed by atoms with Crippen LogP contribution in [0.2, 0.25) is 0 Å². The number of pyridine rings is 2. The average molecular weight is 423 g/mol. The molecular weight excluding hydrogens is 402 g/mol. The molecule has 0 N–H and O–H groups in total. The summed E-state index contributed by atoms with van der Waals surface area (Å²) in [6.45, 7) is 1.80. The lowest BCUT2D eigenvalue weighted by atomic mass is 10.1. The predicted octanol–water partition coefficient (Wildman–Crippen LogP) is 4.20. The molecule has 8 nitrogen and oxygen atoms in total. The number of fused-ring (bicyclic) bond motifs is 1. The maximum Gasteiger partial charge on any atom is 0.244 e. The van der Waals surface area contributed by atoms with Crippen molar-refractivity contribution < 1.29 is 4.52 Å². The van der Waals surface area contributed by atoms with Gasteiger partial charge in [-0.15, -0.1) is 0 Å². The summed E-state index contributed by atoms with van der Waals surface area (Å²) in [5.74, 6) is 2.01. The van der Waals surface area contributed by atoms with Gasteiger partial charge >= 0.3 is 0 Å². The fourth-order valence-corrected chi connectivity index (χ4v) is 4.29. The molecule has 6 rings (SSSR count). The van der Waals surface area contributed by atoms with E-state index in [2.05, 4.69) is 37.1 Å². The van der Waals surface area contributed by atoms with Gasteiger partial charge in [0.15, 0.2) is 0 Å². The molecule has 0 radical (unpaired) electrons. The van der Waals surface area contributed by atoms with Gasteiger partial charge in [0, 0.05) is 42.3 Å². The number of likely N-dealkylation sites (tertiary alicyclic amines) is 1. The third kappa shape index (κ3) is 3.54. The van der Waals surface area contributed by atoms with Crippen LogP contribution in [-0.2, 0) is 6.54 Å². The summed E-state index contributed by atoms with van der Waals surface area (Å²) < 4.78 is 7.53. The fourth-order valence-electron chi connectivity index (χ4n) is 4.29. The normalized spacial score (nSPS) is 16.7. The highest BCUT2D eigenvalue weighted by Crippen LogP contribution is 2.33. The Bertz CT molecular complexity index is 1340. The maximum absolute atomic E-state index is 5.68. The van der Waals surface area contributed by atoms with Gasteiger partial charge in [0.1, 0.15) is 12.1 Å². The van der Waals surface area contributed by atoms with Gasteiger partial charge in [-0.25, -0.2) is 9.97 Å². The summed E-state index contributed by atoms with van der Waals surface area (Å²) in [5, 5.41) is 5.38. The number of benzene rings is 1. The summed E-state index contributed by atoms with van der Waals surface area (Å²) in [7, 11) is 0. The van der Waals surface area contributed by atoms with E-state index in [1.807, 2.05) is 47.3 Å². The van der Waals surface area contributed by atoms with E-state index in [4.69, 9.17) is 9.51 Å². The Labute approximate surface area is 184 Å². The van der Waals surface area contributed by atoms with Gasteiger partial charge in [0.05, 0.1) is 11.6 Å². The number of hydrogen-bond acceptors (Lipinski definition) is 7. The molecule has 1 saturated heterocycles. The first kappa shape index (κ1) is 18.8. The SMILES string of the molecule is c1ccc2ncc(CN3CCC[C@H]3c3nc(-c4ccc(-n5ccnc5)nc4)no3)cc2c1. The zero-order valence-corrected chi connectivity index (χ0v) is 17.4. The monoisotopic (exact) mass is 423 g/mol. The Morgan fingerprint density at radius 2 is 2.03 bits per heavy atom. The lowest BCUT2D eigenvalue weighted by Crippen LogP contribution is -2.23. The first-order valence-electron chi connectivity index (χ1n) is 10.7. The molecule has 0 aliphatic carbocycles. The van der Waals surface area contributed by atoms with Crippen LogP contribution in [0.25, 0.3) is 28.1 Å². The molecule has 0 bridgehead atoms. The van der Waals surface area contributed by atoms with Crippen LogP contribution >= 0.6 is 0 Å². The van der Waals surface area contributed by atoms with Crippen molar-refractivity contribution in [3.05, 3.63) is 85.0 Å². The second-order valence-corrected chi connectivity index (χ2v) is 8.00. The van der Waals surface area contributed by atoms with Crippen LogP contribution in [0.1, 0.15) is 30.3 Å². The number of hydrogen-bond donors (Lipinski definition) is 0. The molecule has 32 heavy (non-hydrogen) atoms. The third-order valence-corrected chi connectivity index (χ3v) is 5.90. The van der Waals surface area contributed by atoms with Gasteiger partial charge in [-0.3, -0.25) is 14.5 Å². The van der Waals surface area contributed by atoms with Gasteiger partial charge in [-0.2, -0.15) is 4.98 Å². The number of nitrogens with zero attached hydrogens (tertiary/aromatic N) is 7. The minimum atomic E-state index is 0.112. The van der Waals surface area contributed by atoms with Crippen LogP contribution in [0.15, 0.2) is 78.1 Å². The molecule has 1 aromatic carbocycles. The first-order chi connectivity index (χ1) is 15.8. The van der Waals surface area contributed by atoms with Crippen LogP contribution < -0.4 is 0 Å². The van der Waals surface area contributed by atoms with Gasteiger partial charge < -0.3 is 4.52 Å². The summed E-state index contributed by atoms with van der Waals surface area (Å²) in [5.41, 5.74) is 3.03. The van der Waals surface area contributed by atoms with Crippen molar-refractivity contribution in [3.8, 4) is 17.2 Å². The molecule has 0 spiro atoms. The molecule has 158 valence electrons. The van der Waals surface area contributed by atoms with Crippen molar-refractivity contribution in [1.29, 1.82) is 0 Å². The van der Waals surface area contributed by atoms with E-state index in [1.165, 1.54) is 5.56 Å². The molecule has 0 unspecified atom stereocenters. The minimum absolute atomic E-state index is 0.112. The van der Waals surface area contributed by atoms with Crippen molar-refractivity contribution in [2.75, 3.05) is 6.54 Å². The number of aromatic nitrogens is 6. The standard InChI is InChI=1S/C24H21N7O/c1-2-5-20-18(4-1)12-17(13-26-20)15-30-10-3-6-21(30)24-28-23(29-32-24)19-7-8-22(27-14-19)31-11-9-25-16-31/h1-2,4-5,7-9,11-14,16,21H,3,6,10,15H2/t21-/m0/s1. The molecule has 8 heteroatoms. The molecule has 1 atom stereocenters. The zero-order chi connectivity index (χ0) is 21.3. The number of imidazole rings is 1. The molecule has 0 saturated carbocycles. The van der Waals surface area contributed by atoms with Gasteiger partial charge in [0.25, 0.3) is 0 Å². The van der Waals surface area contributed by atoms with Crippen molar-refractivity contribution in [3.63, 3.8) is 0 Å². The van der Waals surface area contributed by atoms with E-state index in [1.54, 1.807) is 18.7 Å². The van der Waals surface area contributed by atoms with Crippen LogP contribution in [0.4, 0.5) is 0 Å². The predicted molar refractivity (Wildman–Crippen MR) is 119 cm³/mol. The van der Waals surface area contributed by atoms with Crippen molar-refractivity contribution in [2.24, 2.45) is 0 Å². The molecule has 5 aromatic rings.